The lowest BCUT2D eigenvalue weighted by Crippen LogP contribution is -2.30. The van der Waals surface area contributed by atoms with Crippen molar-refractivity contribution in [3.05, 3.63) is 134 Å². The van der Waals surface area contributed by atoms with E-state index in [0.717, 1.165) is 161 Å². The monoisotopic (exact) mass is 981 g/mol. The van der Waals surface area contributed by atoms with E-state index < -0.39 is 6.10 Å². The minimum Gasteiger partial charge on any atom is -0.462 e. The number of unbranched alkanes of at least 4 members (excludes halogenated alkanes) is 17. The van der Waals surface area contributed by atoms with Crippen LogP contribution in [0.5, 0.6) is 0 Å². The fraction of sp³-hybridized carbons (Fsp3) is 0.615. The third-order valence-corrected chi connectivity index (χ3v) is 11.6. The lowest BCUT2D eigenvalue weighted by Gasteiger charge is -2.18. The van der Waals surface area contributed by atoms with Gasteiger partial charge in [0.15, 0.2) is 6.10 Å². The van der Waals surface area contributed by atoms with Crippen molar-refractivity contribution in [1.29, 1.82) is 0 Å². The van der Waals surface area contributed by atoms with Gasteiger partial charge in [0.1, 0.15) is 13.2 Å². The second-order valence-corrected chi connectivity index (χ2v) is 18.4. The molecule has 0 bridgehead atoms. The smallest absolute Gasteiger partial charge is 0.306 e. The van der Waals surface area contributed by atoms with Crippen LogP contribution in [0.15, 0.2) is 134 Å². The Morgan fingerprint density at radius 2 is 0.549 bits per heavy atom. The first-order chi connectivity index (χ1) is 35.0. The van der Waals surface area contributed by atoms with Gasteiger partial charge in [-0.15, -0.1) is 0 Å². The average molecular weight is 982 g/mol. The van der Waals surface area contributed by atoms with Gasteiger partial charge in [0.2, 0.25) is 0 Å². The highest BCUT2D eigenvalue weighted by atomic mass is 16.6. The van der Waals surface area contributed by atoms with E-state index >= 15 is 0 Å². The zero-order valence-corrected chi connectivity index (χ0v) is 45.7. The lowest BCUT2D eigenvalue weighted by atomic mass is 10.1. The molecule has 0 saturated carbocycles. The summed E-state index contributed by atoms with van der Waals surface area (Å²) in [6, 6.07) is 0. The molecule has 0 aliphatic carbocycles. The third kappa shape index (κ3) is 56.3. The largest absolute Gasteiger partial charge is 0.462 e. The zero-order chi connectivity index (χ0) is 51.4. The third-order valence-electron chi connectivity index (χ3n) is 11.6. The van der Waals surface area contributed by atoms with Crippen molar-refractivity contribution in [2.24, 2.45) is 0 Å². The highest BCUT2D eigenvalue weighted by molar-refractivity contribution is 5.71. The first kappa shape index (κ1) is 66.6. The molecule has 0 radical (unpaired) electrons. The summed E-state index contributed by atoms with van der Waals surface area (Å²) >= 11 is 0. The predicted octanol–water partition coefficient (Wildman–Crippen LogP) is 19.4. The Morgan fingerprint density at radius 3 is 0.873 bits per heavy atom. The van der Waals surface area contributed by atoms with E-state index in [-0.39, 0.29) is 31.1 Å². The number of ether oxygens (including phenoxy) is 3. The maximum absolute atomic E-state index is 12.8. The number of carbonyl (C=O) groups excluding carboxylic acids is 3. The molecule has 0 aliphatic heterocycles. The van der Waals surface area contributed by atoms with Gasteiger partial charge in [0.25, 0.3) is 0 Å². The second kappa shape index (κ2) is 58.1. The Kier molecular flexibility index (Phi) is 54.5. The van der Waals surface area contributed by atoms with E-state index in [1.54, 1.807) is 0 Å². The zero-order valence-electron chi connectivity index (χ0n) is 45.7. The van der Waals surface area contributed by atoms with Crippen LogP contribution in [0.3, 0.4) is 0 Å². The van der Waals surface area contributed by atoms with Crippen LogP contribution in [0.2, 0.25) is 0 Å². The van der Waals surface area contributed by atoms with Gasteiger partial charge in [-0.05, 0) is 135 Å². The standard InChI is InChI=1S/C65H104O6/c1-4-7-10-13-16-19-22-25-27-28-29-30-31-32-33-34-35-36-38-40-43-46-49-52-55-58-64(67)70-61-62(60-69-63(66)57-54-51-48-45-42-39-24-21-18-15-12-9-6-3)71-65(68)59-56-53-50-47-44-41-37-26-23-20-17-14-11-8-5-2/h7,9-10,12,16-21,25-27,29-30,32-33,35-37,39,42,62H,4-6,8,11,13-15,22-24,28,31,34,38,40-41,43-61H2,1-3H3/b10-7-,12-9-,19-16-,20-17-,21-18-,27-25-,30-29-,33-32-,36-35-,37-26-,42-39-. The Bertz CT molecular complexity index is 1550. The van der Waals surface area contributed by atoms with Crippen LogP contribution < -0.4 is 0 Å². The van der Waals surface area contributed by atoms with Crippen LogP contribution in [0.1, 0.15) is 239 Å². The molecular formula is C65H104O6. The fourth-order valence-corrected chi connectivity index (χ4v) is 7.37. The maximum Gasteiger partial charge on any atom is 0.306 e. The molecule has 0 rings (SSSR count). The molecule has 6 heteroatoms. The topological polar surface area (TPSA) is 78.9 Å². The average Bonchev–Trinajstić information content (AvgIpc) is 3.37. The summed E-state index contributed by atoms with van der Waals surface area (Å²) in [6.07, 6.45) is 81.6. The van der Waals surface area contributed by atoms with Crippen LogP contribution in [0, 0.1) is 0 Å². The molecule has 0 amide bonds. The van der Waals surface area contributed by atoms with E-state index in [9.17, 15) is 14.4 Å². The molecule has 0 N–H and O–H groups in total. The lowest BCUT2D eigenvalue weighted by molar-refractivity contribution is -0.167. The first-order valence-electron chi connectivity index (χ1n) is 28.7. The second-order valence-electron chi connectivity index (χ2n) is 18.4. The van der Waals surface area contributed by atoms with Crippen molar-refractivity contribution >= 4 is 17.9 Å². The predicted molar refractivity (Wildman–Crippen MR) is 306 cm³/mol. The molecule has 0 spiro atoms. The number of esters is 3. The fourth-order valence-electron chi connectivity index (χ4n) is 7.37. The van der Waals surface area contributed by atoms with Gasteiger partial charge < -0.3 is 14.2 Å². The van der Waals surface area contributed by atoms with Gasteiger partial charge in [-0.25, -0.2) is 0 Å². The van der Waals surface area contributed by atoms with Gasteiger partial charge in [0.05, 0.1) is 0 Å². The summed E-state index contributed by atoms with van der Waals surface area (Å²) in [5.41, 5.74) is 0. The molecule has 6 nitrogen and oxygen atoms in total. The summed E-state index contributed by atoms with van der Waals surface area (Å²) in [5, 5.41) is 0. The molecule has 0 aliphatic rings. The molecule has 0 aromatic rings. The van der Waals surface area contributed by atoms with Crippen LogP contribution in [0.25, 0.3) is 0 Å². The first-order valence-corrected chi connectivity index (χ1v) is 28.7. The van der Waals surface area contributed by atoms with E-state index in [1.807, 2.05) is 0 Å². The highest BCUT2D eigenvalue weighted by Gasteiger charge is 2.19. The Labute approximate surface area is 436 Å². The van der Waals surface area contributed by atoms with Gasteiger partial charge in [-0.3, -0.25) is 14.4 Å². The number of hydrogen-bond donors (Lipinski definition) is 0. The Morgan fingerprint density at radius 1 is 0.296 bits per heavy atom. The summed E-state index contributed by atoms with van der Waals surface area (Å²) in [7, 11) is 0. The minimum atomic E-state index is -0.809. The summed E-state index contributed by atoms with van der Waals surface area (Å²) in [4.78, 5) is 38.1. The molecule has 1 atom stereocenters. The van der Waals surface area contributed by atoms with E-state index in [1.165, 1.54) is 38.5 Å². The van der Waals surface area contributed by atoms with Crippen molar-refractivity contribution in [2.75, 3.05) is 13.2 Å². The van der Waals surface area contributed by atoms with Crippen molar-refractivity contribution in [1.82, 2.24) is 0 Å². The van der Waals surface area contributed by atoms with Crippen LogP contribution in [0.4, 0.5) is 0 Å². The number of allylic oxidation sites excluding steroid dienone is 22. The maximum atomic E-state index is 12.8. The normalized spacial score (nSPS) is 13.1. The molecule has 71 heavy (non-hydrogen) atoms. The molecule has 0 aromatic heterocycles. The summed E-state index contributed by atoms with van der Waals surface area (Å²) < 4.78 is 16.8. The molecule has 0 fully saturated rings. The molecule has 1 unspecified atom stereocenters. The van der Waals surface area contributed by atoms with Gasteiger partial charge >= 0.3 is 17.9 Å². The molecule has 400 valence electrons. The van der Waals surface area contributed by atoms with Crippen molar-refractivity contribution in [3.63, 3.8) is 0 Å². The molecular weight excluding hydrogens is 877 g/mol. The Balaban J connectivity index is 4.43. The number of rotatable bonds is 50. The van der Waals surface area contributed by atoms with Crippen LogP contribution >= 0.6 is 0 Å². The Hall–Kier alpha value is -4.45. The quantitative estimate of drug-likeness (QED) is 0.0262. The van der Waals surface area contributed by atoms with Gasteiger partial charge in [-0.2, -0.15) is 0 Å². The number of hydrogen-bond acceptors (Lipinski definition) is 6. The van der Waals surface area contributed by atoms with Crippen LogP contribution in [-0.4, -0.2) is 37.2 Å². The van der Waals surface area contributed by atoms with Gasteiger partial charge in [0, 0.05) is 19.3 Å². The van der Waals surface area contributed by atoms with Crippen LogP contribution in [-0.2, 0) is 28.6 Å². The van der Waals surface area contributed by atoms with Gasteiger partial charge in [-0.1, -0.05) is 219 Å². The van der Waals surface area contributed by atoms with E-state index in [4.69, 9.17) is 14.2 Å². The molecule has 0 heterocycles. The SMILES string of the molecule is CC/C=C\C/C=C\C/C=C\C/C=C\C/C=C\C/C=C\CCCCCCCCC(=O)OCC(COC(=O)CCCCC/C=C\C/C=C\C/C=C\CC)OC(=O)CCCCCCC/C=C\C/C=C\CCCCC. The van der Waals surface area contributed by atoms with Crippen molar-refractivity contribution in [3.8, 4) is 0 Å². The summed E-state index contributed by atoms with van der Waals surface area (Å²) in [5.74, 6) is -0.968. The van der Waals surface area contributed by atoms with E-state index in [0.29, 0.717) is 19.3 Å². The van der Waals surface area contributed by atoms with E-state index in [2.05, 4.69) is 154 Å². The summed E-state index contributed by atoms with van der Waals surface area (Å²) in [6.45, 7) is 6.32. The highest BCUT2D eigenvalue weighted by Crippen LogP contribution is 2.13. The van der Waals surface area contributed by atoms with Crippen molar-refractivity contribution in [2.45, 2.75) is 245 Å². The molecule has 0 saturated heterocycles. The van der Waals surface area contributed by atoms with Crippen molar-refractivity contribution < 1.29 is 28.6 Å². The minimum absolute atomic E-state index is 0.106. The molecule has 0 aromatic carbocycles. The number of carbonyl (C=O) groups is 3.